The largest absolute Gasteiger partial charge is 0.461 e. The van der Waals surface area contributed by atoms with Gasteiger partial charge in [0, 0.05) is 42.8 Å². The highest BCUT2D eigenvalue weighted by Gasteiger charge is 2.32. The van der Waals surface area contributed by atoms with Gasteiger partial charge in [-0.3, -0.25) is 28.8 Å². The molecule has 0 spiro atoms. The number of rotatable bonds is 34. The van der Waals surface area contributed by atoms with Crippen LogP contribution < -0.4 is 37.6 Å². The highest BCUT2D eigenvalue weighted by molar-refractivity contribution is 5.99. The van der Waals surface area contributed by atoms with E-state index in [1.807, 2.05) is 0 Å². The summed E-state index contributed by atoms with van der Waals surface area (Å²) in [7, 11) is 0. The summed E-state index contributed by atoms with van der Waals surface area (Å²) in [6.45, 7) is 12.8. The van der Waals surface area contributed by atoms with E-state index in [1.54, 1.807) is 38.1 Å². The second kappa shape index (κ2) is 33.0. The highest BCUT2D eigenvalue weighted by atomic mass is 16.5. The molecule has 3 atom stereocenters. The summed E-state index contributed by atoms with van der Waals surface area (Å²) >= 11 is 0. The minimum atomic E-state index is -1.27. The van der Waals surface area contributed by atoms with E-state index in [0.717, 1.165) is 0 Å². The number of ether oxygens (including phenoxy) is 4. The van der Waals surface area contributed by atoms with E-state index in [2.05, 4.69) is 55.1 Å². The zero-order chi connectivity index (χ0) is 45.3. The predicted molar refractivity (Wildman–Crippen MR) is 223 cm³/mol. The number of hydrogen-bond acceptors (Lipinski definition) is 13. The number of anilines is 1. The molecule has 21 nitrogen and oxygen atoms in total. The second-order valence-corrected chi connectivity index (χ2v) is 13.7. The van der Waals surface area contributed by atoms with Crippen LogP contribution in [-0.2, 0) is 54.3 Å². The number of carbonyl (C=O) groups excluding carboxylic acids is 7. The molecular formula is C40H64N9O12+. The second-order valence-electron chi connectivity index (χ2n) is 13.7. The third-order valence-electron chi connectivity index (χ3n) is 8.46. The van der Waals surface area contributed by atoms with Crippen LogP contribution in [0, 0.1) is 5.92 Å². The summed E-state index contributed by atoms with van der Waals surface area (Å²) in [5.74, 6) is -4.05. The van der Waals surface area contributed by atoms with Crippen molar-refractivity contribution in [2.24, 2.45) is 16.8 Å². The van der Waals surface area contributed by atoms with Gasteiger partial charge in [-0.1, -0.05) is 38.6 Å². The summed E-state index contributed by atoms with van der Waals surface area (Å²) in [6, 6.07) is 2.11. The lowest BCUT2D eigenvalue weighted by Gasteiger charge is -2.27. The number of benzene rings is 1. The minimum absolute atomic E-state index is 0.0221. The molecule has 1 aromatic carbocycles. The smallest absolute Gasteiger partial charge is 0.312 e. The van der Waals surface area contributed by atoms with E-state index in [1.165, 1.54) is 6.08 Å². The van der Waals surface area contributed by atoms with Gasteiger partial charge in [0.25, 0.3) is 6.72 Å². The Morgan fingerprint density at radius 3 is 2.03 bits per heavy atom. The fourth-order valence-corrected chi connectivity index (χ4v) is 5.26. The average Bonchev–Trinajstić information content (AvgIpc) is 3.23. The number of nitrogens with one attached hydrogen (secondary N) is 6. The topological polar surface area (TPSA) is 301 Å². The number of amides is 7. The van der Waals surface area contributed by atoms with Gasteiger partial charge in [0.2, 0.25) is 29.5 Å². The molecule has 61 heavy (non-hydrogen) atoms. The Morgan fingerprint density at radius 1 is 0.770 bits per heavy atom. The SMILES string of the molecule is C=CCOC(=O)CCC(NC(=O)CCCC(=O)NCCOCCOCCOCCN=[N+]=C)C(=O)NC(C(=O)NC(CCCNC(N)=O)C(=O)Nc1ccc(CO)cc1)C(C)C. The molecule has 7 amide bonds. The molecule has 340 valence electrons. The third-order valence-corrected chi connectivity index (χ3v) is 8.46. The Balaban J connectivity index is 2.79. The molecule has 0 fully saturated rings. The molecule has 0 heterocycles. The molecule has 21 heteroatoms. The molecule has 0 saturated heterocycles. The van der Waals surface area contributed by atoms with Gasteiger partial charge < -0.3 is 61.7 Å². The quantitative estimate of drug-likeness (QED) is 0.0112. The molecule has 0 aliphatic heterocycles. The standard InChI is InChI=1S/C40H63N9O12/c1-5-20-61-35(53)16-15-32(47-34(52)10-6-9-33(51)43-18-21-58-23-25-60-26-24-59-22-19-45-42-4)38(55)49-36(28(2)3)39(56)48-31(8-7-17-44-40(41)57)37(54)46-30-13-11-29(27-50)12-14-30/h5,11-14,28,31-32,36,50H,1,4,6-10,15-27H2,2-3H3,(H7-,41,43,44,46,47,48,49,51,52,54,55,56,57)/p+1. The van der Waals surface area contributed by atoms with Crippen LogP contribution in [0.15, 0.2) is 42.0 Å². The average molecular weight is 863 g/mol. The normalized spacial score (nSPS) is 12.1. The van der Waals surface area contributed by atoms with Crippen molar-refractivity contribution in [1.29, 1.82) is 0 Å². The van der Waals surface area contributed by atoms with Crippen molar-refractivity contribution >= 4 is 53.9 Å². The zero-order valence-electron chi connectivity index (χ0n) is 35.2. The van der Waals surface area contributed by atoms with Gasteiger partial charge in [-0.2, -0.15) is 0 Å². The highest BCUT2D eigenvalue weighted by Crippen LogP contribution is 2.13. The number of esters is 1. The van der Waals surface area contributed by atoms with Crippen molar-refractivity contribution in [3.8, 4) is 0 Å². The summed E-state index contributed by atoms with van der Waals surface area (Å²) in [4.78, 5) is 92.9. The molecule has 0 radical (unpaired) electrons. The Bertz CT molecular complexity index is 1570. The number of hydrogen-bond donors (Lipinski definition) is 8. The van der Waals surface area contributed by atoms with Gasteiger partial charge in [-0.05, 0) is 49.3 Å². The summed E-state index contributed by atoms with van der Waals surface area (Å²) in [5.41, 5.74) is 6.19. The fraction of sp³-hybridized carbons (Fsp3) is 0.600. The Labute approximate surface area is 356 Å². The summed E-state index contributed by atoms with van der Waals surface area (Å²) < 4.78 is 21.1. The number of aliphatic hydroxyl groups excluding tert-OH is 1. The van der Waals surface area contributed by atoms with Gasteiger partial charge in [0.15, 0.2) is 0 Å². The Kier molecular flexibility index (Phi) is 28.9. The summed E-state index contributed by atoms with van der Waals surface area (Å²) in [5, 5.41) is 28.8. The van der Waals surface area contributed by atoms with Crippen molar-refractivity contribution in [3.63, 3.8) is 0 Å². The number of carbonyl (C=O) groups is 7. The maximum Gasteiger partial charge on any atom is 0.312 e. The molecule has 9 N–H and O–H groups in total. The van der Waals surface area contributed by atoms with Gasteiger partial charge in [0.1, 0.15) is 31.3 Å². The van der Waals surface area contributed by atoms with Gasteiger partial charge in [-0.15, -0.1) is 0 Å². The molecule has 1 rings (SSSR count). The minimum Gasteiger partial charge on any atom is -0.461 e. The van der Waals surface area contributed by atoms with Crippen LogP contribution in [-0.4, -0.2) is 142 Å². The monoisotopic (exact) mass is 862 g/mol. The van der Waals surface area contributed by atoms with Crippen LogP contribution in [0.1, 0.15) is 64.4 Å². The van der Waals surface area contributed by atoms with Gasteiger partial charge in [0.05, 0.1) is 51.4 Å². The number of urea groups is 1. The zero-order valence-corrected chi connectivity index (χ0v) is 35.2. The van der Waals surface area contributed by atoms with Crippen molar-refractivity contribution in [3.05, 3.63) is 42.5 Å². The first kappa shape index (κ1) is 53.3. The number of primary amides is 1. The van der Waals surface area contributed by atoms with E-state index in [4.69, 9.17) is 24.7 Å². The summed E-state index contributed by atoms with van der Waals surface area (Å²) in [6.07, 6.45) is 1.37. The number of aliphatic hydroxyl groups is 1. The van der Waals surface area contributed by atoms with E-state index >= 15 is 0 Å². The molecular weight excluding hydrogens is 798 g/mol. The lowest BCUT2D eigenvalue weighted by atomic mass is 10.0. The molecule has 0 aromatic heterocycles. The van der Waals surface area contributed by atoms with Crippen molar-refractivity contribution < 1.29 is 62.4 Å². The first-order chi connectivity index (χ1) is 29.3. The first-order valence-electron chi connectivity index (χ1n) is 20.1. The lowest BCUT2D eigenvalue weighted by Crippen LogP contribution is -2.57. The van der Waals surface area contributed by atoms with Crippen LogP contribution in [0.5, 0.6) is 0 Å². The predicted octanol–water partition coefficient (Wildman–Crippen LogP) is -0.117. The first-order valence-corrected chi connectivity index (χ1v) is 20.1. The van der Waals surface area contributed by atoms with Crippen molar-refractivity contribution in [2.45, 2.75) is 83.5 Å². The van der Waals surface area contributed by atoms with Crippen molar-refractivity contribution in [1.82, 2.24) is 26.6 Å². The van der Waals surface area contributed by atoms with Crippen LogP contribution in [0.25, 0.3) is 0 Å². The van der Waals surface area contributed by atoms with E-state index in [-0.39, 0.29) is 83.8 Å². The van der Waals surface area contributed by atoms with Crippen LogP contribution >= 0.6 is 0 Å². The Hall–Kier alpha value is -5.73. The van der Waals surface area contributed by atoms with Gasteiger partial charge in [-0.25, -0.2) is 4.79 Å². The van der Waals surface area contributed by atoms with Gasteiger partial charge >= 0.3 is 12.0 Å². The van der Waals surface area contributed by atoms with Crippen LogP contribution in [0.4, 0.5) is 10.5 Å². The lowest BCUT2D eigenvalue weighted by molar-refractivity contribution is -0.143. The van der Waals surface area contributed by atoms with E-state index in [0.29, 0.717) is 50.8 Å². The maximum atomic E-state index is 13.7. The molecule has 0 aliphatic carbocycles. The van der Waals surface area contributed by atoms with Crippen molar-refractivity contribution in [2.75, 3.05) is 71.2 Å². The maximum absolute atomic E-state index is 13.7. The molecule has 0 aliphatic rings. The van der Waals surface area contributed by atoms with Crippen LogP contribution in [0.2, 0.25) is 0 Å². The van der Waals surface area contributed by atoms with Crippen LogP contribution in [0.3, 0.4) is 0 Å². The molecule has 1 aromatic rings. The van der Waals surface area contributed by atoms with E-state index in [9.17, 15) is 38.7 Å². The Morgan fingerprint density at radius 2 is 1.41 bits per heavy atom. The third kappa shape index (κ3) is 26.2. The number of nitrogens with two attached hydrogens (primary N) is 1. The molecule has 0 saturated carbocycles. The molecule has 0 bridgehead atoms. The van der Waals surface area contributed by atoms with E-state index < -0.39 is 59.7 Å². The fourth-order valence-electron chi connectivity index (χ4n) is 5.26. The molecule has 3 unspecified atom stereocenters. The number of nitrogens with zero attached hydrogens (tertiary/aromatic N) is 2.